The molecule has 4 nitrogen and oxygen atoms in total. The Labute approximate surface area is 125 Å². The van der Waals surface area contributed by atoms with Gasteiger partial charge in [0.2, 0.25) is 5.91 Å². The molecule has 2 rings (SSSR count). The number of aryl methyl sites for hydroxylation is 1. The first-order chi connectivity index (χ1) is 9.41. The molecule has 5 heteroatoms. The smallest absolute Gasteiger partial charge is 0.244 e. The van der Waals surface area contributed by atoms with E-state index in [2.05, 4.69) is 15.5 Å². The van der Waals surface area contributed by atoms with Crippen LogP contribution in [0.15, 0.2) is 18.2 Å². The predicted octanol–water partition coefficient (Wildman–Crippen LogP) is 2.27. The van der Waals surface area contributed by atoms with Crippen LogP contribution in [-0.4, -0.2) is 42.5 Å². The second kappa shape index (κ2) is 6.12. The summed E-state index contributed by atoms with van der Waals surface area (Å²) >= 11 is 5.94. The molecule has 0 aliphatic carbocycles. The fourth-order valence-corrected chi connectivity index (χ4v) is 2.64. The van der Waals surface area contributed by atoms with E-state index in [1.54, 1.807) is 6.07 Å². The third kappa shape index (κ3) is 3.32. The zero-order valence-electron chi connectivity index (χ0n) is 12.3. The average Bonchev–Trinajstić information content (AvgIpc) is 2.42. The number of carbonyl (C=O) groups excluding carboxylic acids is 1. The van der Waals surface area contributed by atoms with E-state index in [0.29, 0.717) is 5.02 Å². The zero-order chi connectivity index (χ0) is 14.8. The van der Waals surface area contributed by atoms with E-state index in [4.69, 9.17) is 11.6 Å². The summed E-state index contributed by atoms with van der Waals surface area (Å²) in [5, 5.41) is 7.00. The summed E-state index contributed by atoms with van der Waals surface area (Å²) in [6.07, 6.45) is 0. The maximum Gasteiger partial charge on any atom is 0.244 e. The Bertz CT molecular complexity index is 496. The van der Waals surface area contributed by atoms with E-state index in [0.717, 1.165) is 37.4 Å². The monoisotopic (exact) mass is 295 g/mol. The highest BCUT2D eigenvalue weighted by Crippen LogP contribution is 2.22. The van der Waals surface area contributed by atoms with Gasteiger partial charge in [0.25, 0.3) is 0 Å². The first kappa shape index (κ1) is 15.3. The summed E-state index contributed by atoms with van der Waals surface area (Å²) < 4.78 is 0. The molecule has 0 spiro atoms. The molecule has 1 fully saturated rings. The largest absolute Gasteiger partial charge is 0.324 e. The van der Waals surface area contributed by atoms with E-state index in [1.165, 1.54) is 0 Å². The molecule has 1 heterocycles. The van der Waals surface area contributed by atoms with Gasteiger partial charge < -0.3 is 10.6 Å². The van der Waals surface area contributed by atoms with Crippen LogP contribution in [0.1, 0.15) is 19.4 Å². The van der Waals surface area contributed by atoms with Crippen LogP contribution in [0.4, 0.5) is 5.69 Å². The number of carbonyl (C=O) groups is 1. The van der Waals surface area contributed by atoms with Crippen molar-refractivity contribution in [1.29, 1.82) is 0 Å². The molecular formula is C15H22ClN3O. The quantitative estimate of drug-likeness (QED) is 0.899. The highest BCUT2D eigenvalue weighted by Gasteiger charge is 2.35. The molecule has 20 heavy (non-hydrogen) atoms. The van der Waals surface area contributed by atoms with E-state index >= 15 is 0 Å². The minimum Gasteiger partial charge on any atom is -0.324 e. The van der Waals surface area contributed by atoms with Crippen molar-refractivity contribution in [2.24, 2.45) is 0 Å². The topological polar surface area (TPSA) is 44.4 Å². The van der Waals surface area contributed by atoms with Gasteiger partial charge in [-0.05, 0) is 44.5 Å². The molecule has 1 aliphatic heterocycles. The molecule has 1 aliphatic rings. The molecule has 0 radical (unpaired) electrons. The number of hydrogen-bond donors (Lipinski definition) is 2. The Morgan fingerprint density at radius 2 is 2.00 bits per heavy atom. The molecule has 0 atom stereocenters. The van der Waals surface area contributed by atoms with Crippen LogP contribution in [0.2, 0.25) is 5.02 Å². The van der Waals surface area contributed by atoms with Crippen molar-refractivity contribution >= 4 is 23.2 Å². The fraction of sp³-hybridized carbons (Fsp3) is 0.533. The van der Waals surface area contributed by atoms with Crippen molar-refractivity contribution in [2.75, 3.05) is 31.5 Å². The van der Waals surface area contributed by atoms with Gasteiger partial charge >= 0.3 is 0 Å². The Kier molecular flexibility index (Phi) is 4.68. The number of piperazine rings is 1. The summed E-state index contributed by atoms with van der Waals surface area (Å²) in [4.78, 5) is 14.8. The first-order valence-corrected chi connectivity index (χ1v) is 7.32. The maximum atomic E-state index is 12.6. The highest BCUT2D eigenvalue weighted by atomic mass is 35.5. The zero-order valence-corrected chi connectivity index (χ0v) is 13.0. The van der Waals surface area contributed by atoms with Crippen molar-refractivity contribution in [3.63, 3.8) is 0 Å². The number of hydrogen-bond acceptors (Lipinski definition) is 3. The molecule has 110 valence electrons. The third-order valence-corrected chi connectivity index (χ3v) is 4.13. The van der Waals surface area contributed by atoms with Crippen molar-refractivity contribution in [3.05, 3.63) is 28.8 Å². The summed E-state index contributed by atoms with van der Waals surface area (Å²) in [6.45, 7) is 9.52. The normalized spacial score (nSPS) is 17.0. The van der Waals surface area contributed by atoms with E-state index in [1.807, 2.05) is 32.9 Å². The molecule has 2 N–H and O–H groups in total. The Morgan fingerprint density at radius 3 is 2.60 bits per heavy atom. The lowest BCUT2D eigenvalue weighted by atomic mass is 10.00. The van der Waals surface area contributed by atoms with Crippen LogP contribution in [0.3, 0.4) is 0 Å². The van der Waals surface area contributed by atoms with Crippen molar-refractivity contribution in [1.82, 2.24) is 10.2 Å². The van der Waals surface area contributed by atoms with Crippen LogP contribution in [0, 0.1) is 6.92 Å². The van der Waals surface area contributed by atoms with Crippen molar-refractivity contribution < 1.29 is 4.79 Å². The second-order valence-corrected chi connectivity index (χ2v) is 6.15. The summed E-state index contributed by atoms with van der Waals surface area (Å²) in [5.74, 6) is 0.0184. The van der Waals surface area contributed by atoms with Crippen LogP contribution in [-0.2, 0) is 4.79 Å². The van der Waals surface area contributed by atoms with E-state index in [-0.39, 0.29) is 5.91 Å². The van der Waals surface area contributed by atoms with Gasteiger partial charge in [-0.2, -0.15) is 0 Å². The number of amides is 1. The third-order valence-electron chi connectivity index (χ3n) is 3.90. The van der Waals surface area contributed by atoms with Crippen molar-refractivity contribution in [3.8, 4) is 0 Å². The molecule has 0 bridgehead atoms. The number of halogens is 1. The van der Waals surface area contributed by atoms with Crippen LogP contribution in [0.25, 0.3) is 0 Å². The maximum absolute atomic E-state index is 12.6. The van der Waals surface area contributed by atoms with Gasteiger partial charge in [-0.3, -0.25) is 9.69 Å². The molecule has 1 amide bonds. The molecule has 1 aromatic rings. The van der Waals surface area contributed by atoms with Gasteiger partial charge in [-0.1, -0.05) is 11.6 Å². The minimum absolute atomic E-state index is 0.0184. The molecule has 0 aromatic heterocycles. The van der Waals surface area contributed by atoms with Gasteiger partial charge in [0.15, 0.2) is 0 Å². The molecule has 0 unspecified atom stereocenters. The van der Waals surface area contributed by atoms with Gasteiger partial charge in [0.05, 0.1) is 5.54 Å². The highest BCUT2D eigenvalue weighted by molar-refractivity contribution is 6.30. The Morgan fingerprint density at radius 1 is 1.35 bits per heavy atom. The van der Waals surface area contributed by atoms with Gasteiger partial charge in [-0.25, -0.2) is 0 Å². The summed E-state index contributed by atoms with van der Waals surface area (Å²) in [7, 11) is 0. The number of rotatable bonds is 3. The number of benzene rings is 1. The molecule has 1 saturated heterocycles. The summed E-state index contributed by atoms with van der Waals surface area (Å²) in [5.41, 5.74) is 1.28. The SMILES string of the molecule is Cc1cc(Cl)ccc1NC(=O)C(C)(C)N1CCNCC1. The lowest BCUT2D eigenvalue weighted by molar-refractivity contribution is -0.126. The molecular weight excluding hydrogens is 274 g/mol. The van der Waals surface area contributed by atoms with Gasteiger partial charge in [0, 0.05) is 36.9 Å². The molecule has 0 saturated carbocycles. The van der Waals surface area contributed by atoms with Gasteiger partial charge in [-0.15, -0.1) is 0 Å². The van der Waals surface area contributed by atoms with E-state index in [9.17, 15) is 4.79 Å². The number of anilines is 1. The lowest BCUT2D eigenvalue weighted by Gasteiger charge is -2.39. The predicted molar refractivity (Wildman–Crippen MR) is 83.3 cm³/mol. The minimum atomic E-state index is -0.520. The van der Waals surface area contributed by atoms with E-state index < -0.39 is 5.54 Å². The van der Waals surface area contributed by atoms with Crippen LogP contribution < -0.4 is 10.6 Å². The Hall–Kier alpha value is -1.10. The number of nitrogens with zero attached hydrogens (tertiary/aromatic N) is 1. The second-order valence-electron chi connectivity index (χ2n) is 5.71. The van der Waals surface area contributed by atoms with Crippen molar-refractivity contribution in [2.45, 2.75) is 26.3 Å². The average molecular weight is 296 g/mol. The number of nitrogens with one attached hydrogen (secondary N) is 2. The first-order valence-electron chi connectivity index (χ1n) is 6.94. The Balaban J connectivity index is 2.09. The summed E-state index contributed by atoms with van der Waals surface area (Å²) in [6, 6.07) is 5.50. The lowest BCUT2D eigenvalue weighted by Crippen LogP contribution is -2.58. The van der Waals surface area contributed by atoms with Crippen LogP contribution >= 0.6 is 11.6 Å². The standard InChI is InChI=1S/C15H22ClN3O/c1-11-10-12(16)4-5-13(11)18-14(20)15(2,3)19-8-6-17-7-9-19/h4-5,10,17H,6-9H2,1-3H3,(H,18,20). The van der Waals surface area contributed by atoms with Gasteiger partial charge in [0.1, 0.15) is 0 Å². The molecule has 1 aromatic carbocycles. The van der Waals surface area contributed by atoms with Crippen LogP contribution in [0.5, 0.6) is 0 Å². The fourth-order valence-electron chi connectivity index (χ4n) is 2.41.